The van der Waals surface area contributed by atoms with E-state index in [0.717, 1.165) is 12.0 Å². The van der Waals surface area contributed by atoms with Crippen LogP contribution in [0.25, 0.3) is 0 Å². The Morgan fingerprint density at radius 2 is 2.00 bits per heavy atom. The molecule has 0 spiro atoms. The van der Waals surface area contributed by atoms with Crippen LogP contribution in [0, 0.1) is 11.3 Å². The highest BCUT2D eigenvalue weighted by Gasteiger charge is 2.35. The molecule has 0 fully saturated rings. The van der Waals surface area contributed by atoms with Gasteiger partial charge in [-0.2, -0.15) is 0 Å². The van der Waals surface area contributed by atoms with Crippen LogP contribution in [0.3, 0.4) is 0 Å². The van der Waals surface area contributed by atoms with E-state index >= 15 is 0 Å². The second kappa shape index (κ2) is 4.45. The van der Waals surface area contributed by atoms with E-state index in [1.54, 1.807) is 0 Å². The molecule has 0 saturated heterocycles. The first-order chi connectivity index (χ1) is 5.80. The third-order valence-electron chi connectivity index (χ3n) is 2.83. The normalized spacial score (nSPS) is 15.5. The minimum atomic E-state index is -0.705. The molecular formula is C11H20O2. The van der Waals surface area contributed by atoms with Crippen LogP contribution < -0.4 is 0 Å². The van der Waals surface area contributed by atoms with Gasteiger partial charge in [-0.15, -0.1) is 6.58 Å². The lowest BCUT2D eigenvalue weighted by Gasteiger charge is -2.29. The predicted octanol–water partition coefficient (Wildman–Crippen LogP) is 3.09. The van der Waals surface area contributed by atoms with Gasteiger partial charge in [0, 0.05) is 0 Å². The van der Waals surface area contributed by atoms with Crippen molar-refractivity contribution in [3.8, 4) is 0 Å². The fourth-order valence-corrected chi connectivity index (χ4v) is 1.12. The molecule has 0 aliphatic carbocycles. The van der Waals surface area contributed by atoms with Crippen molar-refractivity contribution in [2.45, 2.75) is 40.5 Å². The topological polar surface area (TPSA) is 37.3 Å². The van der Waals surface area contributed by atoms with Gasteiger partial charge in [-0.05, 0) is 32.6 Å². The van der Waals surface area contributed by atoms with Crippen LogP contribution in [-0.4, -0.2) is 11.1 Å². The molecule has 0 amide bonds. The van der Waals surface area contributed by atoms with Gasteiger partial charge >= 0.3 is 5.97 Å². The summed E-state index contributed by atoms with van der Waals surface area (Å²) in [5.41, 5.74) is 0.437. The average Bonchev–Trinajstić information content (AvgIpc) is 1.99. The lowest BCUT2D eigenvalue weighted by molar-refractivity contribution is -0.151. The minimum absolute atomic E-state index is 0.157. The lowest BCUT2D eigenvalue weighted by Crippen LogP contribution is -2.33. The maximum atomic E-state index is 11.0. The number of hydrogen-bond donors (Lipinski definition) is 1. The van der Waals surface area contributed by atoms with Crippen LogP contribution in [-0.2, 0) is 4.79 Å². The summed E-state index contributed by atoms with van der Waals surface area (Å²) < 4.78 is 0. The first-order valence-electron chi connectivity index (χ1n) is 4.68. The van der Waals surface area contributed by atoms with Crippen molar-refractivity contribution in [3.63, 3.8) is 0 Å². The Balaban J connectivity index is 4.43. The van der Waals surface area contributed by atoms with Gasteiger partial charge in [-0.3, -0.25) is 4.79 Å². The van der Waals surface area contributed by atoms with Crippen molar-refractivity contribution in [1.82, 2.24) is 0 Å². The van der Waals surface area contributed by atoms with Gasteiger partial charge in [0.15, 0.2) is 0 Å². The molecule has 0 bridgehead atoms. The Labute approximate surface area is 80.7 Å². The highest BCUT2D eigenvalue weighted by atomic mass is 16.4. The molecule has 1 atom stereocenters. The molecule has 0 rings (SSSR count). The zero-order valence-electron chi connectivity index (χ0n) is 9.05. The fourth-order valence-electron chi connectivity index (χ4n) is 1.12. The molecule has 1 unspecified atom stereocenters. The minimum Gasteiger partial charge on any atom is -0.481 e. The molecule has 0 saturated carbocycles. The van der Waals surface area contributed by atoms with Crippen LogP contribution >= 0.6 is 0 Å². The van der Waals surface area contributed by atoms with Crippen LogP contribution in [0.4, 0.5) is 0 Å². The van der Waals surface area contributed by atoms with Gasteiger partial charge < -0.3 is 5.11 Å². The van der Waals surface area contributed by atoms with Crippen molar-refractivity contribution in [2.75, 3.05) is 0 Å². The maximum Gasteiger partial charge on any atom is 0.309 e. The largest absolute Gasteiger partial charge is 0.481 e. The van der Waals surface area contributed by atoms with Gasteiger partial charge in [0.25, 0.3) is 0 Å². The van der Waals surface area contributed by atoms with E-state index in [1.165, 1.54) is 0 Å². The molecule has 2 heteroatoms. The molecule has 13 heavy (non-hydrogen) atoms. The van der Waals surface area contributed by atoms with E-state index in [4.69, 9.17) is 5.11 Å². The van der Waals surface area contributed by atoms with Crippen LogP contribution in [0.2, 0.25) is 0 Å². The van der Waals surface area contributed by atoms with E-state index in [1.807, 2.05) is 27.7 Å². The van der Waals surface area contributed by atoms with E-state index in [2.05, 4.69) is 6.58 Å². The summed E-state index contributed by atoms with van der Waals surface area (Å²) in [6.07, 6.45) is 1.47. The molecule has 2 nitrogen and oxygen atoms in total. The molecular weight excluding hydrogens is 164 g/mol. The molecule has 0 aromatic carbocycles. The van der Waals surface area contributed by atoms with Crippen molar-refractivity contribution in [1.29, 1.82) is 0 Å². The Morgan fingerprint density at radius 1 is 1.54 bits per heavy atom. The molecule has 0 aliphatic rings. The number of carboxylic acid groups (broad SMARTS) is 1. The number of carbonyl (C=O) groups is 1. The van der Waals surface area contributed by atoms with Gasteiger partial charge in [0.1, 0.15) is 0 Å². The summed E-state index contributed by atoms with van der Waals surface area (Å²) in [4.78, 5) is 11.0. The summed E-state index contributed by atoms with van der Waals surface area (Å²) in [5, 5.41) is 9.09. The molecule has 0 aromatic heterocycles. The van der Waals surface area contributed by atoms with E-state index in [9.17, 15) is 4.79 Å². The van der Waals surface area contributed by atoms with Crippen LogP contribution in [0.5, 0.6) is 0 Å². The maximum absolute atomic E-state index is 11.0. The number of rotatable bonds is 5. The number of allylic oxidation sites excluding steroid dienone is 1. The monoisotopic (exact) mass is 184 g/mol. The summed E-state index contributed by atoms with van der Waals surface area (Å²) in [7, 11) is 0. The Hall–Kier alpha value is -0.790. The smallest absolute Gasteiger partial charge is 0.309 e. The SMILES string of the molecule is C=C(C)CCC(C)(C(=O)O)C(C)C. The Kier molecular flexibility index (Phi) is 4.18. The van der Waals surface area contributed by atoms with Crippen molar-refractivity contribution in [2.24, 2.45) is 11.3 Å². The second-order valence-electron chi connectivity index (χ2n) is 4.33. The summed E-state index contributed by atoms with van der Waals surface area (Å²) in [6.45, 7) is 11.4. The quantitative estimate of drug-likeness (QED) is 0.667. The summed E-state index contributed by atoms with van der Waals surface area (Å²) >= 11 is 0. The average molecular weight is 184 g/mol. The van der Waals surface area contributed by atoms with Crippen molar-refractivity contribution in [3.05, 3.63) is 12.2 Å². The lowest BCUT2D eigenvalue weighted by atomic mass is 9.75. The van der Waals surface area contributed by atoms with E-state index in [0.29, 0.717) is 6.42 Å². The van der Waals surface area contributed by atoms with Crippen molar-refractivity contribution < 1.29 is 9.90 Å². The third kappa shape index (κ3) is 3.21. The fraction of sp³-hybridized carbons (Fsp3) is 0.727. The Bertz CT molecular complexity index is 206. The molecule has 0 aromatic rings. The van der Waals surface area contributed by atoms with Gasteiger partial charge in [0.05, 0.1) is 5.41 Å². The Morgan fingerprint density at radius 3 is 2.23 bits per heavy atom. The summed E-state index contributed by atoms with van der Waals surface area (Å²) in [6, 6.07) is 0. The standard InChI is InChI=1S/C11H20O2/c1-8(2)6-7-11(5,9(3)4)10(12)13/h9H,1,6-7H2,2-5H3,(H,12,13). The highest BCUT2D eigenvalue weighted by molar-refractivity contribution is 5.74. The first-order valence-corrected chi connectivity index (χ1v) is 4.68. The zero-order chi connectivity index (χ0) is 10.6. The third-order valence-corrected chi connectivity index (χ3v) is 2.83. The molecule has 0 aliphatic heterocycles. The number of carboxylic acids is 1. The zero-order valence-corrected chi connectivity index (χ0v) is 9.05. The van der Waals surface area contributed by atoms with Gasteiger partial charge in [-0.1, -0.05) is 19.4 Å². The summed E-state index contributed by atoms with van der Waals surface area (Å²) in [5.74, 6) is -0.548. The first kappa shape index (κ1) is 12.2. The molecule has 76 valence electrons. The van der Waals surface area contributed by atoms with Crippen molar-refractivity contribution >= 4 is 5.97 Å². The molecule has 1 N–H and O–H groups in total. The van der Waals surface area contributed by atoms with Gasteiger partial charge in [-0.25, -0.2) is 0 Å². The highest BCUT2D eigenvalue weighted by Crippen LogP contribution is 2.33. The predicted molar refractivity (Wildman–Crippen MR) is 54.6 cm³/mol. The van der Waals surface area contributed by atoms with Crippen LogP contribution in [0.15, 0.2) is 12.2 Å². The van der Waals surface area contributed by atoms with Crippen LogP contribution in [0.1, 0.15) is 40.5 Å². The van der Waals surface area contributed by atoms with E-state index < -0.39 is 11.4 Å². The number of aliphatic carboxylic acids is 1. The number of hydrogen-bond acceptors (Lipinski definition) is 1. The second-order valence-corrected chi connectivity index (χ2v) is 4.33. The molecule has 0 heterocycles. The molecule has 0 radical (unpaired) electrons. The van der Waals surface area contributed by atoms with Gasteiger partial charge in [0.2, 0.25) is 0 Å². The van der Waals surface area contributed by atoms with E-state index in [-0.39, 0.29) is 5.92 Å².